The van der Waals surface area contributed by atoms with Gasteiger partial charge in [0.2, 0.25) is 12.2 Å². The van der Waals surface area contributed by atoms with Gasteiger partial charge in [-0.05, 0) is 25.0 Å². The molecular weight excluding hydrogens is 542 g/mol. The molecule has 1 aromatic carbocycles. The average molecular weight is 592 g/mol. The first-order valence-corrected chi connectivity index (χ1v) is 15.6. The lowest BCUT2D eigenvalue weighted by molar-refractivity contribution is -0.277. The fourth-order valence-electron chi connectivity index (χ4n) is 5.35. The third-order valence-electron chi connectivity index (χ3n) is 7.92. The first kappa shape index (κ1) is 34.0. The molecule has 10 nitrogen and oxygen atoms in total. The summed E-state index contributed by atoms with van der Waals surface area (Å²) in [6, 6.07) is 4.38. The summed E-state index contributed by atoms with van der Waals surface area (Å²) in [5, 5.41) is 43.6. The van der Waals surface area contributed by atoms with Crippen LogP contribution in [0.5, 0.6) is 5.75 Å². The molecule has 0 saturated carbocycles. The number of fused-ring (bicyclic) bond motifs is 1. The first-order chi connectivity index (χ1) is 20.2. The number of carbonyl (C=O) groups is 1. The van der Waals surface area contributed by atoms with Crippen LogP contribution in [0.25, 0.3) is 11.0 Å². The van der Waals surface area contributed by atoms with E-state index in [4.69, 9.17) is 13.9 Å². The monoisotopic (exact) mass is 591 g/mol. The predicted molar refractivity (Wildman–Crippen MR) is 161 cm³/mol. The number of rotatable bonds is 18. The Morgan fingerprint density at radius 1 is 0.857 bits per heavy atom. The smallest absolute Gasteiger partial charge is 0.336 e. The van der Waals surface area contributed by atoms with Gasteiger partial charge in [0, 0.05) is 23.9 Å². The fraction of sp³-hybridized carbons (Fsp3) is 0.688. The summed E-state index contributed by atoms with van der Waals surface area (Å²) in [6.07, 6.45) is 8.64. The van der Waals surface area contributed by atoms with Crippen LogP contribution in [0.1, 0.15) is 102 Å². The number of anilines is 1. The highest BCUT2D eigenvalue weighted by atomic mass is 16.7. The molecule has 5 N–H and O–H groups in total. The quantitative estimate of drug-likeness (QED) is 0.122. The summed E-state index contributed by atoms with van der Waals surface area (Å²) in [5.74, 6) is -0.176. The third kappa shape index (κ3) is 10.1. The van der Waals surface area contributed by atoms with Crippen molar-refractivity contribution in [3.8, 4) is 5.75 Å². The number of nitrogens with one attached hydrogen (secondary N) is 1. The lowest BCUT2D eigenvalue weighted by Gasteiger charge is -2.39. The Hall–Kier alpha value is -2.50. The summed E-state index contributed by atoms with van der Waals surface area (Å²) >= 11 is 0. The van der Waals surface area contributed by atoms with Crippen molar-refractivity contribution in [2.45, 2.75) is 134 Å². The van der Waals surface area contributed by atoms with E-state index in [0.29, 0.717) is 17.4 Å². The van der Waals surface area contributed by atoms with Crippen LogP contribution >= 0.6 is 0 Å². The van der Waals surface area contributed by atoms with Crippen LogP contribution in [0, 0.1) is 6.92 Å². The molecule has 0 bridgehead atoms. The number of unbranched alkanes of at least 4 members (excludes halogenated alkanes) is 12. The van der Waals surface area contributed by atoms with E-state index in [9.17, 15) is 30.0 Å². The summed E-state index contributed by atoms with van der Waals surface area (Å²) < 4.78 is 16.6. The van der Waals surface area contributed by atoms with E-state index in [-0.39, 0.29) is 22.9 Å². The van der Waals surface area contributed by atoms with Crippen molar-refractivity contribution in [3.05, 3.63) is 34.2 Å². The van der Waals surface area contributed by atoms with Crippen molar-refractivity contribution in [3.63, 3.8) is 0 Å². The Morgan fingerprint density at radius 2 is 1.45 bits per heavy atom. The van der Waals surface area contributed by atoms with E-state index in [1.54, 1.807) is 13.0 Å². The van der Waals surface area contributed by atoms with E-state index in [1.165, 1.54) is 76.3 Å². The molecule has 1 aliphatic rings. The molecule has 1 aliphatic heterocycles. The molecule has 5 atom stereocenters. The highest BCUT2D eigenvalue weighted by molar-refractivity contribution is 5.96. The highest BCUT2D eigenvalue weighted by Crippen LogP contribution is 2.34. The summed E-state index contributed by atoms with van der Waals surface area (Å²) in [5.41, 5.74) is 0.566. The fourth-order valence-corrected chi connectivity index (χ4v) is 5.35. The second-order valence-corrected chi connectivity index (χ2v) is 11.4. The number of ether oxygens (including phenoxy) is 2. The number of hydrogen-bond donors (Lipinski definition) is 5. The van der Waals surface area contributed by atoms with E-state index < -0.39 is 42.9 Å². The molecule has 2 heterocycles. The third-order valence-corrected chi connectivity index (χ3v) is 7.92. The van der Waals surface area contributed by atoms with Crippen LogP contribution in [0.2, 0.25) is 0 Å². The van der Waals surface area contributed by atoms with Gasteiger partial charge < -0.3 is 39.6 Å². The minimum atomic E-state index is -1.64. The van der Waals surface area contributed by atoms with Gasteiger partial charge in [0.1, 0.15) is 35.7 Å². The van der Waals surface area contributed by atoms with Gasteiger partial charge >= 0.3 is 5.63 Å². The maximum absolute atomic E-state index is 12.9. The van der Waals surface area contributed by atoms with E-state index in [2.05, 4.69) is 12.2 Å². The van der Waals surface area contributed by atoms with Gasteiger partial charge in [-0.25, -0.2) is 4.79 Å². The molecule has 0 radical (unpaired) electrons. The van der Waals surface area contributed by atoms with Gasteiger partial charge in [-0.3, -0.25) is 4.79 Å². The van der Waals surface area contributed by atoms with Crippen LogP contribution in [0.15, 0.2) is 27.4 Å². The maximum Gasteiger partial charge on any atom is 0.336 e. The van der Waals surface area contributed by atoms with Crippen LogP contribution < -0.4 is 15.7 Å². The van der Waals surface area contributed by atoms with Gasteiger partial charge in [0.15, 0.2) is 0 Å². The zero-order valence-corrected chi connectivity index (χ0v) is 25.1. The summed E-state index contributed by atoms with van der Waals surface area (Å²) in [7, 11) is 0. The Labute approximate surface area is 248 Å². The lowest BCUT2D eigenvalue weighted by atomic mass is 9.99. The Morgan fingerprint density at radius 3 is 2.05 bits per heavy atom. The van der Waals surface area contributed by atoms with Crippen molar-refractivity contribution >= 4 is 22.6 Å². The number of aliphatic hydroxyl groups excluding tert-OH is 4. The zero-order valence-electron chi connectivity index (χ0n) is 25.1. The molecule has 1 saturated heterocycles. The lowest BCUT2D eigenvalue weighted by Crippen LogP contribution is -2.60. The van der Waals surface area contributed by atoms with E-state index in [1.807, 2.05) is 0 Å². The normalized spacial score (nSPS) is 22.4. The molecule has 42 heavy (non-hydrogen) atoms. The van der Waals surface area contributed by atoms with E-state index in [0.717, 1.165) is 19.3 Å². The second-order valence-electron chi connectivity index (χ2n) is 11.4. The maximum atomic E-state index is 12.9. The van der Waals surface area contributed by atoms with Crippen molar-refractivity contribution in [1.82, 2.24) is 0 Å². The van der Waals surface area contributed by atoms with Gasteiger partial charge in [-0.15, -0.1) is 0 Å². The summed E-state index contributed by atoms with van der Waals surface area (Å²) in [6.45, 7) is 3.37. The molecule has 3 rings (SSSR count). The van der Waals surface area contributed by atoms with Crippen LogP contribution in [0.4, 0.5) is 5.69 Å². The van der Waals surface area contributed by atoms with Gasteiger partial charge in [-0.2, -0.15) is 0 Å². The van der Waals surface area contributed by atoms with Crippen molar-refractivity contribution in [1.29, 1.82) is 0 Å². The molecule has 2 aromatic rings. The van der Waals surface area contributed by atoms with Crippen molar-refractivity contribution < 1.29 is 39.1 Å². The standard InChI is InChI=1S/C32H49NO9/c1-3-4-5-6-7-8-9-10-11-12-13-14-15-16-27(35)33-23-18-22-21(2)17-28(36)40-24(22)19-25(23)41-32-31(39)30(38)29(37)26(20-34)42-32/h17-19,26,29-32,34,37-39H,3-16,20H2,1-2H3,(H,33,35)/t26-,29+,30+,31-,32?/m1/s1. The van der Waals surface area contributed by atoms with E-state index >= 15 is 0 Å². The second kappa shape index (κ2) is 17.6. The van der Waals surface area contributed by atoms with Crippen molar-refractivity contribution in [2.75, 3.05) is 11.9 Å². The Bertz CT molecular complexity index is 1160. The topological polar surface area (TPSA) is 159 Å². The average Bonchev–Trinajstić information content (AvgIpc) is 2.96. The number of hydrogen-bond acceptors (Lipinski definition) is 9. The predicted octanol–water partition coefficient (Wildman–Crippen LogP) is 4.70. The molecular formula is C32H49NO9. The minimum Gasteiger partial charge on any atom is -0.460 e. The number of amides is 1. The van der Waals surface area contributed by atoms with Crippen LogP contribution in [-0.2, 0) is 9.53 Å². The highest BCUT2D eigenvalue weighted by Gasteiger charge is 2.45. The molecule has 1 aromatic heterocycles. The molecule has 236 valence electrons. The van der Waals surface area contributed by atoms with Gasteiger partial charge in [-0.1, -0.05) is 84.0 Å². The number of aryl methyl sites for hydroxylation is 1. The van der Waals surface area contributed by atoms with Gasteiger partial charge in [0.25, 0.3) is 0 Å². The van der Waals surface area contributed by atoms with Crippen LogP contribution in [0.3, 0.4) is 0 Å². The number of benzene rings is 1. The molecule has 0 spiro atoms. The number of aliphatic hydroxyl groups is 4. The molecule has 10 heteroatoms. The largest absolute Gasteiger partial charge is 0.460 e. The molecule has 0 aliphatic carbocycles. The summed E-state index contributed by atoms with van der Waals surface area (Å²) in [4.78, 5) is 24.8. The molecule has 1 unspecified atom stereocenters. The first-order valence-electron chi connectivity index (χ1n) is 15.6. The van der Waals surface area contributed by atoms with Crippen molar-refractivity contribution in [2.24, 2.45) is 0 Å². The van der Waals surface area contributed by atoms with Crippen LogP contribution in [-0.4, -0.2) is 63.6 Å². The molecule has 1 amide bonds. The SMILES string of the molecule is CCCCCCCCCCCCCCCC(=O)Nc1cc2c(C)cc(=O)oc2cc1OC1O[C@H](CO)[C@H](O)[C@H](O)[C@H]1O. The van der Waals surface area contributed by atoms with Gasteiger partial charge in [0.05, 0.1) is 12.3 Å². The minimum absolute atomic E-state index is 0.0410. The Kier molecular flexibility index (Phi) is 14.2. The Balaban J connectivity index is 1.53. The zero-order chi connectivity index (χ0) is 30.5. The number of carbonyl (C=O) groups excluding carboxylic acids is 1. The molecule has 1 fully saturated rings.